The lowest BCUT2D eigenvalue weighted by atomic mass is 10.0. The summed E-state index contributed by atoms with van der Waals surface area (Å²) in [6.07, 6.45) is 0. The Kier molecular flexibility index (Phi) is 2.86. The van der Waals surface area contributed by atoms with Gasteiger partial charge in [-0.2, -0.15) is 0 Å². The average molecular weight is 297 g/mol. The lowest BCUT2D eigenvalue weighted by Crippen LogP contribution is -2.05. The number of nitrogens with zero attached hydrogens (tertiary/aromatic N) is 1. The molecule has 1 aromatic heterocycles. The van der Waals surface area contributed by atoms with Gasteiger partial charge in [-0.05, 0) is 11.5 Å². The maximum Gasteiger partial charge on any atom is 0.233 e. The minimum Gasteiger partial charge on any atom is -0.248 e. The number of para-hydroxylation sites is 1. The predicted molar refractivity (Wildman–Crippen MR) is 78.5 cm³/mol. The molecule has 2 aromatic carbocycles. The molecule has 0 amide bonds. The molecule has 3 rings (SSSR count). The largest absolute Gasteiger partial charge is 0.248 e. The fraction of sp³-hybridized carbons (Fsp3) is 0.0714. The first-order valence-corrected chi connectivity index (χ1v) is 6.55. The van der Waals surface area contributed by atoms with Gasteiger partial charge in [-0.1, -0.05) is 77.3 Å². The Bertz CT molecular complexity index is 732. The van der Waals surface area contributed by atoms with Crippen molar-refractivity contribution in [2.75, 3.05) is 0 Å². The highest BCUT2D eigenvalue weighted by Crippen LogP contribution is 2.41. The second-order valence-corrected chi connectivity index (χ2v) is 6.30. The van der Waals surface area contributed by atoms with Crippen LogP contribution in [0.1, 0.15) is 5.69 Å². The zero-order chi connectivity index (χ0) is 12.8. The summed E-state index contributed by atoms with van der Waals surface area (Å²) in [4.78, 5) is 4.48. The molecule has 90 valence electrons. The third-order valence-corrected chi connectivity index (χ3v) is 3.41. The van der Waals surface area contributed by atoms with Crippen LogP contribution in [-0.2, 0) is 3.79 Å². The molecule has 4 heteroatoms. The summed E-state index contributed by atoms with van der Waals surface area (Å²) in [5.41, 5.74) is 1.30. The summed E-state index contributed by atoms with van der Waals surface area (Å²) in [6.45, 7) is 0. The second-order valence-electron chi connectivity index (χ2n) is 4.02. The highest BCUT2D eigenvalue weighted by atomic mass is 35.6. The van der Waals surface area contributed by atoms with Crippen LogP contribution in [0.15, 0.2) is 48.5 Å². The van der Waals surface area contributed by atoms with Crippen molar-refractivity contribution in [1.82, 2.24) is 4.98 Å². The molecule has 0 N–H and O–H groups in total. The molecule has 3 aromatic rings. The van der Waals surface area contributed by atoms with E-state index in [1.165, 1.54) is 0 Å². The van der Waals surface area contributed by atoms with Crippen LogP contribution >= 0.6 is 34.8 Å². The molecule has 0 unspecified atom stereocenters. The topological polar surface area (TPSA) is 12.9 Å². The molecule has 0 saturated heterocycles. The fourth-order valence-electron chi connectivity index (χ4n) is 2.12. The molecule has 0 atom stereocenters. The lowest BCUT2D eigenvalue weighted by molar-refractivity contribution is 1.14. The standard InChI is InChI=1S/C14H8Cl3N/c15-14(16,17)13-11-7-2-1-5-9(11)10-6-3-4-8-12(10)18-13/h1-8H. The summed E-state index contributed by atoms with van der Waals surface area (Å²) in [7, 11) is 0. The van der Waals surface area contributed by atoms with Crippen molar-refractivity contribution in [3.05, 3.63) is 54.2 Å². The third kappa shape index (κ3) is 1.93. The first kappa shape index (κ1) is 12.0. The van der Waals surface area contributed by atoms with Crippen molar-refractivity contribution in [1.29, 1.82) is 0 Å². The van der Waals surface area contributed by atoms with Gasteiger partial charge in [-0.3, -0.25) is 0 Å². The zero-order valence-electron chi connectivity index (χ0n) is 9.20. The van der Waals surface area contributed by atoms with E-state index < -0.39 is 3.79 Å². The maximum atomic E-state index is 6.01. The molecule has 0 aliphatic heterocycles. The summed E-state index contributed by atoms with van der Waals surface area (Å²) in [5.74, 6) is 0. The number of fused-ring (bicyclic) bond motifs is 3. The zero-order valence-corrected chi connectivity index (χ0v) is 11.5. The van der Waals surface area contributed by atoms with E-state index in [9.17, 15) is 0 Å². The Hall–Kier alpha value is -1.02. The van der Waals surface area contributed by atoms with Gasteiger partial charge in [-0.25, -0.2) is 4.98 Å². The highest BCUT2D eigenvalue weighted by Gasteiger charge is 2.27. The van der Waals surface area contributed by atoms with E-state index in [2.05, 4.69) is 4.98 Å². The quantitative estimate of drug-likeness (QED) is 0.410. The Morgan fingerprint density at radius 3 is 1.94 bits per heavy atom. The molecule has 0 spiro atoms. The van der Waals surface area contributed by atoms with Crippen LogP contribution in [0.3, 0.4) is 0 Å². The van der Waals surface area contributed by atoms with Crippen LogP contribution in [0.2, 0.25) is 0 Å². The van der Waals surface area contributed by atoms with Crippen molar-refractivity contribution in [3.63, 3.8) is 0 Å². The van der Waals surface area contributed by atoms with E-state index in [-0.39, 0.29) is 0 Å². The van der Waals surface area contributed by atoms with Crippen LogP contribution in [0.25, 0.3) is 21.7 Å². The molecule has 1 nitrogen and oxygen atoms in total. The Morgan fingerprint density at radius 2 is 1.28 bits per heavy atom. The van der Waals surface area contributed by atoms with Gasteiger partial charge in [-0.15, -0.1) is 0 Å². The molecule has 0 aliphatic carbocycles. The molecule has 18 heavy (non-hydrogen) atoms. The normalized spacial score (nSPS) is 12.2. The Balaban J connectivity index is 2.55. The first-order valence-electron chi connectivity index (χ1n) is 5.42. The number of rotatable bonds is 0. The van der Waals surface area contributed by atoms with E-state index in [0.29, 0.717) is 5.69 Å². The maximum absolute atomic E-state index is 6.01. The fourth-order valence-corrected chi connectivity index (χ4v) is 2.55. The van der Waals surface area contributed by atoms with Crippen molar-refractivity contribution in [2.24, 2.45) is 0 Å². The minimum absolute atomic E-state index is 0.474. The first-order chi connectivity index (χ1) is 8.57. The Labute approximate surface area is 119 Å². The molecule has 0 saturated carbocycles. The van der Waals surface area contributed by atoms with Crippen LogP contribution in [0.5, 0.6) is 0 Å². The van der Waals surface area contributed by atoms with Gasteiger partial charge in [0.25, 0.3) is 0 Å². The van der Waals surface area contributed by atoms with Crippen molar-refractivity contribution >= 4 is 56.5 Å². The number of alkyl halides is 3. The minimum atomic E-state index is -1.52. The molecule has 0 fully saturated rings. The van der Waals surface area contributed by atoms with Crippen LogP contribution in [-0.4, -0.2) is 4.98 Å². The molecule has 0 radical (unpaired) electrons. The van der Waals surface area contributed by atoms with Gasteiger partial charge in [0.1, 0.15) is 5.69 Å². The number of aromatic nitrogens is 1. The van der Waals surface area contributed by atoms with Crippen molar-refractivity contribution in [3.8, 4) is 0 Å². The summed E-state index contributed by atoms with van der Waals surface area (Å²) in [5, 5.41) is 2.98. The van der Waals surface area contributed by atoms with E-state index in [0.717, 1.165) is 21.7 Å². The number of halogens is 3. The number of pyridine rings is 1. The van der Waals surface area contributed by atoms with Crippen molar-refractivity contribution in [2.45, 2.75) is 3.79 Å². The molecule has 0 aliphatic rings. The second kappa shape index (κ2) is 4.27. The highest BCUT2D eigenvalue weighted by molar-refractivity contribution is 6.67. The van der Waals surface area contributed by atoms with Gasteiger partial charge in [0.05, 0.1) is 5.52 Å². The monoisotopic (exact) mass is 295 g/mol. The number of benzene rings is 2. The molecule has 1 heterocycles. The van der Waals surface area contributed by atoms with E-state index in [4.69, 9.17) is 34.8 Å². The summed E-state index contributed by atoms with van der Waals surface area (Å²) >= 11 is 18.0. The van der Waals surface area contributed by atoms with Gasteiger partial charge in [0, 0.05) is 10.8 Å². The van der Waals surface area contributed by atoms with Gasteiger partial charge in [0.2, 0.25) is 3.79 Å². The number of hydrogen-bond acceptors (Lipinski definition) is 1. The van der Waals surface area contributed by atoms with Crippen molar-refractivity contribution < 1.29 is 0 Å². The van der Waals surface area contributed by atoms with E-state index in [1.54, 1.807) is 0 Å². The van der Waals surface area contributed by atoms with Crippen LogP contribution in [0.4, 0.5) is 0 Å². The molecular weight excluding hydrogens is 289 g/mol. The van der Waals surface area contributed by atoms with Crippen LogP contribution < -0.4 is 0 Å². The average Bonchev–Trinajstić information content (AvgIpc) is 2.37. The smallest absolute Gasteiger partial charge is 0.233 e. The van der Waals surface area contributed by atoms with E-state index >= 15 is 0 Å². The number of hydrogen-bond donors (Lipinski definition) is 0. The van der Waals surface area contributed by atoms with Crippen LogP contribution in [0, 0.1) is 0 Å². The van der Waals surface area contributed by atoms with Gasteiger partial charge >= 0.3 is 0 Å². The third-order valence-electron chi connectivity index (χ3n) is 2.88. The summed E-state index contributed by atoms with van der Waals surface area (Å²) < 4.78 is -1.52. The van der Waals surface area contributed by atoms with Gasteiger partial charge < -0.3 is 0 Å². The summed E-state index contributed by atoms with van der Waals surface area (Å²) in [6, 6.07) is 15.7. The van der Waals surface area contributed by atoms with E-state index in [1.807, 2.05) is 48.5 Å². The lowest BCUT2D eigenvalue weighted by Gasteiger charge is -2.15. The molecule has 0 bridgehead atoms. The Morgan fingerprint density at radius 1 is 0.722 bits per heavy atom. The predicted octanol–water partition coefficient (Wildman–Crippen LogP) is 5.21. The van der Waals surface area contributed by atoms with Gasteiger partial charge in [0.15, 0.2) is 0 Å². The molecular formula is C14H8Cl3N. The SMILES string of the molecule is ClC(Cl)(Cl)c1nc2ccccc2c2ccccc12.